The molecule has 0 heterocycles. The quantitative estimate of drug-likeness (QED) is 0.428. The molecule has 0 amide bonds. The van der Waals surface area contributed by atoms with E-state index in [1.165, 1.54) is 12.0 Å². The zero-order valence-electron chi connectivity index (χ0n) is 22.8. The molecule has 2 aromatic carbocycles. The third-order valence-corrected chi connectivity index (χ3v) is 11.7. The van der Waals surface area contributed by atoms with Crippen LogP contribution in [-0.4, -0.2) is 36.6 Å². The summed E-state index contributed by atoms with van der Waals surface area (Å²) in [6.45, 7) is 8.74. The van der Waals surface area contributed by atoms with Crippen molar-refractivity contribution >= 4 is 20.6 Å². The molecule has 3 aliphatic carbocycles. The van der Waals surface area contributed by atoms with E-state index in [-0.39, 0.29) is 11.2 Å². The van der Waals surface area contributed by atoms with Crippen LogP contribution >= 0.6 is 0 Å². The van der Waals surface area contributed by atoms with Crippen LogP contribution in [0.2, 0.25) is 0 Å². The minimum atomic E-state index is -3.34. The molecule has 0 unspecified atom stereocenters. The van der Waals surface area contributed by atoms with Gasteiger partial charge in [0.1, 0.15) is 0 Å². The van der Waals surface area contributed by atoms with Crippen molar-refractivity contribution in [3.63, 3.8) is 0 Å². The van der Waals surface area contributed by atoms with E-state index in [2.05, 4.69) is 32.6 Å². The van der Waals surface area contributed by atoms with E-state index in [9.17, 15) is 18.6 Å². The second-order valence-corrected chi connectivity index (χ2v) is 14.4. The molecule has 204 valence electrons. The third-order valence-electron chi connectivity index (χ3n) is 9.91. The largest absolute Gasteiger partial charge is 0.393 e. The Hall–Kier alpha value is -2.21. The topological polar surface area (TPSA) is 74.6 Å². The molecule has 0 aliphatic heterocycles. The van der Waals surface area contributed by atoms with Crippen LogP contribution in [-0.2, 0) is 9.84 Å². The number of aliphatic hydroxyl groups excluding tert-OH is 2. The molecule has 0 saturated heterocycles. The van der Waals surface area contributed by atoms with Crippen LogP contribution in [0.1, 0.15) is 65.2 Å². The molecule has 3 aliphatic rings. The molecule has 0 bridgehead atoms. The van der Waals surface area contributed by atoms with Crippen LogP contribution in [0.15, 0.2) is 82.8 Å². The number of sulfone groups is 1. The highest BCUT2D eigenvalue weighted by Crippen LogP contribution is 2.59. The first-order valence-corrected chi connectivity index (χ1v) is 15.9. The van der Waals surface area contributed by atoms with Crippen LogP contribution in [0.5, 0.6) is 0 Å². The summed E-state index contributed by atoms with van der Waals surface area (Å²) >= 11 is 0. The molecule has 2 aromatic rings. The Morgan fingerprint density at radius 2 is 1.87 bits per heavy atom. The molecule has 3 saturated carbocycles. The Bertz CT molecular complexity index is 1370. The van der Waals surface area contributed by atoms with Gasteiger partial charge in [0.2, 0.25) is 0 Å². The first-order valence-electron chi connectivity index (χ1n) is 14.2. The summed E-state index contributed by atoms with van der Waals surface area (Å²) < 4.78 is 26.5. The van der Waals surface area contributed by atoms with Gasteiger partial charge in [-0.2, -0.15) is 0 Å². The van der Waals surface area contributed by atoms with Gasteiger partial charge >= 0.3 is 0 Å². The Labute approximate surface area is 228 Å². The summed E-state index contributed by atoms with van der Waals surface area (Å²) in [7, 11) is -3.34. The molecular weight excluding hydrogens is 492 g/mol. The summed E-state index contributed by atoms with van der Waals surface area (Å²) in [5, 5.41) is 22.3. The van der Waals surface area contributed by atoms with Gasteiger partial charge in [-0.25, -0.2) is 8.42 Å². The van der Waals surface area contributed by atoms with Crippen LogP contribution in [0, 0.1) is 23.2 Å². The summed E-state index contributed by atoms with van der Waals surface area (Å²) in [6.07, 6.45) is 10.4. The number of benzene rings is 2. The van der Waals surface area contributed by atoms with Gasteiger partial charge in [0.05, 0.1) is 22.9 Å². The number of hydrogen-bond acceptors (Lipinski definition) is 4. The minimum absolute atomic E-state index is 0.178. The molecular formula is C33H42O4S. The molecule has 0 spiro atoms. The molecule has 38 heavy (non-hydrogen) atoms. The van der Waals surface area contributed by atoms with Gasteiger partial charge in [-0.05, 0) is 102 Å². The number of hydrogen-bond donors (Lipinski definition) is 2. The predicted molar refractivity (Wildman–Crippen MR) is 155 cm³/mol. The normalized spacial score (nSPS) is 33.1. The highest BCUT2D eigenvalue weighted by atomic mass is 32.2. The van der Waals surface area contributed by atoms with Crippen LogP contribution < -0.4 is 0 Å². The second-order valence-electron chi connectivity index (χ2n) is 12.3. The summed E-state index contributed by atoms with van der Waals surface area (Å²) in [5.41, 5.74) is 3.33. The number of fused-ring (bicyclic) bond motifs is 2. The van der Waals surface area contributed by atoms with Crippen molar-refractivity contribution in [1.29, 1.82) is 0 Å². The van der Waals surface area contributed by atoms with Crippen molar-refractivity contribution < 1.29 is 18.6 Å². The van der Waals surface area contributed by atoms with E-state index in [0.29, 0.717) is 41.9 Å². The van der Waals surface area contributed by atoms with Crippen LogP contribution in [0.25, 0.3) is 10.8 Å². The van der Waals surface area contributed by atoms with E-state index >= 15 is 0 Å². The lowest BCUT2D eigenvalue weighted by Gasteiger charge is -2.44. The maximum atomic E-state index is 13.3. The minimum Gasteiger partial charge on any atom is -0.393 e. The molecule has 5 rings (SSSR count). The molecule has 0 aromatic heterocycles. The number of aliphatic hydroxyl groups is 2. The monoisotopic (exact) mass is 534 g/mol. The van der Waals surface area contributed by atoms with Crippen molar-refractivity contribution in [3.8, 4) is 0 Å². The maximum Gasteiger partial charge on any atom is 0.178 e. The van der Waals surface area contributed by atoms with E-state index in [0.717, 1.165) is 47.6 Å². The Morgan fingerprint density at radius 1 is 1.11 bits per heavy atom. The maximum absolute atomic E-state index is 13.3. The standard InChI is InChI=1S/C33H42O4S/c1-22(16-18-38(36,37)29-13-12-24-7-4-5-8-27(24)20-29)30-14-15-31-25(9-6-17-33(30,31)3)10-11-26-19-28(34)21-32(35)23(26)2/h4-5,7-8,10-13,20,22,28,30-32,34-35H,2,6,9,14-19,21H2,1,3H3/b25-10+,26-11-/t22-,28-,30-,31+,32+,33-/m1/s1. The lowest BCUT2D eigenvalue weighted by atomic mass is 9.61. The summed E-state index contributed by atoms with van der Waals surface area (Å²) in [6, 6.07) is 13.4. The van der Waals surface area contributed by atoms with Gasteiger partial charge in [-0.15, -0.1) is 0 Å². The Balaban J connectivity index is 1.28. The average Bonchev–Trinajstić information content (AvgIpc) is 3.25. The lowest BCUT2D eigenvalue weighted by Crippen LogP contribution is -2.36. The first-order chi connectivity index (χ1) is 18.1. The van der Waals surface area contributed by atoms with Gasteiger partial charge in [0.25, 0.3) is 0 Å². The molecule has 3 fully saturated rings. The molecule has 2 N–H and O–H groups in total. The first kappa shape index (κ1) is 27.4. The SMILES string of the molecule is C=C1/C(=C\C=C2/CCC[C@]3(C)[C@@H]([C@H](C)CCS(=O)(=O)c4ccc5ccccc5c4)CC[C@@H]23)C[C@@H](O)C[C@@H]1O. The van der Waals surface area contributed by atoms with E-state index in [1.54, 1.807) is 6.07 Å². The number of allylic oxidation sites excluding steroid dienone is 3. The van der Waals surface area contributed by atoms with Crippen LogP contribution in [0.4, 0.5) is 0 Å². The fourth-order valence-electron chi connectivity index (χ4n) is 7.70. The molecule has 6 atom stereocenters. The third kappa shape index (κ3) is 5.30. The highest BCUT2D eigenvalue weighted by molar-refractivity contribution is 7.91. The van der Waals surface area contributed by atoms with Crippen molar-refractivity contribution in [3.05, 3.63) is 77.9 Å². The van der Waals surface area contributed by atoms with E-state index in [1.807, 2.05) is 36.4 Å². The fraction of sp³-hybridized carbons (Fsp3) is 0.515. The van der Waals surface area contributed by atoms with Gasteiger partial charge in [0, 0.05) is 6.42 Å². The predicted octanol–water partition coefficient (Wildman–Crippen LogP) is 6.78. The van der Waals surface area contributed by atoms with Gasteiger partial charge in [-0.3, -0.25) is 0 Å². The second kappa shape index (κ2) is 10.7. The van der Waals surface area contributed by atoms with Crippen molar-refractivity contribution in [2.75, 3.05) is 5.75 Å². The molecule has 4 nitrogen and oxygen atoms in total. The Kier molecular flexibility index (Phi) is 7.74. The zero-order valence-corrected chi connectivity index (χ0v) is 23.6. The van der Waals surface area contributed by atoms with Crippen molar-refractivity contribution in [1.82, 2.24) is 0 Å². The number of rotatable bonds is 6. The van der Waals surface area contributed by atoms with Crippen LogP contribution in [0.3, 0.4) is 0 Å². The molecule has 0 radical (unpaired) electrons. The summed E-state index contributed by atoms with van der Waals surface area (Å²) in [5.74, 6) is 1.53. The van der Waals surface area contributed by atoms with E-state index in [4.69, 9.17) is 0 Å². The van der Waals surface area contributed by atoms with E-state index < -0.39 is 22.0 Å². The van der Waals surface area contributed by atoms with Gasteiger partial charge in [-0.1, -0.05) is 68.5 Å². The van der Waals surface area contributed by atoms with Gasteiger partial charge < -0.3 is 10.2 Å². The lowest BCUT2D eigenvalue weighted by molar-refractivity contribution is 0.0861. The van der Waals surface area contributed by atoms with Gasteiger partial charge in [0.15, 0.2) is 9.84 Å². The van der Waals surface area contributed by atoms with Crippen molar-refractivity contribution in [2.45, 2.75) is 82.3 Å². The Morgan fingerprint density at radius 3 is 2.66 bits per heavy atom. The fourth-order valence-corrected chi connectivity index (χ4v) is 9.20. The average molecular weight is 535 g/mol. The summed E-state index contributed by atoms with van der Waals surface area (Å²) in [4.78, 5) is 0.425. The molecule has 5 heteroatoms. The zero-order chi connectivity index (χ0) is 27.1. The smallest absolute Gasteiger partial charge is 0.178 e. The van der Waals surface area contributed by atoms with Crippen molar-refractivity contribution in [2.24, 2.45) is 23.2 Å². The highest BCUT2D eigenvalue weighted by Gasteiger charge is 2.50.